The lowest BCUT2D eigenvalue weighted by Gasteiger charge is -2.39. The average Bonchev–Trinajstić information content (AvgIpc) is 2.64. The molecule has 2 N–H and O–H groups in total. The van der Waals surface area contributed by atoms with Crippen LogP contribution in [0.3, 0.4) is 0 Å². The summed E-state index contributed by atoms with van der Waals surface area (Å²) in [6.45, 7) is 2.44. The van der Waals surface area contributed by atoms with Gasteiger partial charge >= 0.3 is 0 Å². The first kappa shape index (κ1) is 19.4. The summed E-state index contributed by atoms with van der Waals surface area (Å²) in [5.41, 5.74) is 7.14. The number of nitro groups is 1. The zero-order valence-corrected chi connectivity index (χ0v) is 15.9. The number of rotatable bonds is 5. The molecule has 3 rings (SSSR count). The molecule has 27 heavy (non-hydrogen) atoms. The van der Waals surface area contributed by atoms with E-state index in [-0.39, 0.29) is 5.69 Å². The largest absolute Gasteiger partial charge is 0.368 e. The van der Waals surface area contributed by atoms with E-state index < -0.39 is 16.9 Å². The van der Waals surface area contributed by atoms with Crippen molar-refractivity contribution in [2.45, 2.75) is 6.04 Å². The van der Waals surface area contributed by atoms with Gasteiger partial charge in [-0.2, -0.15) is 0 Å². The lowest BCUT2D eigenvalue weighted by atomic mass is 10.0. The standard InChI is InChI=1S/C18H18Cl2N4O3/c19-13-3-1-12(2-4-13)17(18(21)25)23-9-7-22(8-10-23)16-6-5-14(24(26)27)11-15(16)20/h1-6,11,17H,7-10H2,(H2,21,25)/t17-/m0/s1. The number of hydrogen-bond donors (Lipinski definition) is 1. The molecule has 7 nitrogen and oxygen atoms in total. The van der Waals surface area contributed by atoms with E-state index in [1.165, 1.54) is 12.1 Å². The maximum absolute atomic E-state index is 12.0. The molecule has 1 amide bonds. The smallest absolute Gasteiger partial charge is 0.271 e. The molecule has 1 aliphatic rings. The fourth-order valence-corrected chi connectivity index (χ4v) is 3.71. The molecule has 0 aromatic heterocycles. The first-order valence-corrected chi connectivity index (χ1v) is 9.10. The van der Waals surface area contributed by atoms with Crippen molar-refractivity contribution >= 4 is 40.5 Å². The van der Waals surface area contributed by atoms with Gasteiger partial charge in [0.1, 0.15) is 6.04 Å². The van der Waals surface area contributed by atoms with Crippen LogP contribution in [0.25, 0.3) is 0 Å². The zero-order chi connectivity index (χ0) is 19.6. The fraction of sp³-hybridized carbons (Fsp3) is 0.278. The summed E-state index contributed by atoms with van der Waals surface area (Å²) < 4.78 is 0. The number of nitro benzene ring substituents is 1. The normalized spacial score (nSPS) is 16.1. The zero-order valence-electron chi connectivity index (χ0n) is 14.3. The molecule has 0 radical (unpaired) electrons. The fourth-order valence-electron chi connectivity index (χ4n) is 3.29. The van der Waals surface area contributed by atoms with E-state index in [9.17, 15) is 14.9 Å². The summed E-state index contributed by atoms with van der Waals surface area (Å²) in [6, 6.07) is 11.0. The predicted molar refractivity (Wildman–Crippen MR) is 105 cm³/mol. The molecule has 1 atom stereocenters. The second kappa shape index (κ2) is 8.12. The molecule has 0 aliphatic carbocycles. The van der Waals surface area contributed by atoms with Gasteiger partial charge < -0.3 is 10.6 Å². The first-order chi connectivity index (χ1) is 12.9. The lowest BCUT2D eigenvalue weighted by Crippen LogP contribution is -2.50. The molecule has 9 heteroatoms. The molecule has 142 valence electrons. The molecule has 1 heterocycles. The van der Waals surface area contributed by atoms with Crippen molar-refractivity contribution in [3.8, 4) is 0 Å². The highest BCUT2D eigenvalue weighted by atomic mass is 35.5. The summed E-state index contributed by atoms with van der Waals surface area (Å²) in [7, 11) is 0. The van der Waals surface area contributed by atoms with Crippen LogP contribution < -0.4 is 10.6 Å². The quantitative estimate of drug-likeness (QED) is 0.605. The van der Waals surface area contributed by atoms with Gasteiger partial charge in [0.15, 0.2) is 0 Å². The van der Waals surface area contributed by atoms with Crippen molar-refractivity contribution in [3.05, 3.63) is 68.2 Å². The number of benzene rings is 2. The highest BCUT2D eigenvalue weighted by Gasteiger charge is 2.29. The highest BCUT2D eigenvalue weighted by Crippen LogP contribution is 2.31. The SMILES string of the molecule is NC(=O)[C@H](c1ccc(Cl)cc1)N1CCN(c2ccc([N+](=O)[O-])cc2Cl)CC1. The number of nitrogens with zero attached hydrogens (tertiary/aromatic N) is 3. The number of carbonyl (C=O) groups excluding carboxylic acids is 1. The van der Waals surface area contributed by atoms with E-state index in [0.29, 0.717) is 36.2 Å². The Kier molecular flexibility index (Phi) is 5.84. The van der Waals surface area contributed by atoms with Gasteiger partial charge in [0, 0.05) is 43.3 Å². The molecule has 1 fully saturated rings. The van der Waals surface area contributed by atoms with Crippen molar-refractivity contribution in [2.24, 2.45) is 5.73 Å². The van der Waals surface area contributed by atoms with E-state index in [1.54, 1.807) is 30.3 Å². The molecule has 2 aromatic carbocycles. The molecular formula is C18H18Cl2N4O3. The number of halogens is 2. The lowest BCUT2D eigenvalue weighted by molar-refractivity contribution is -0.384. The van der Waals surface area contributed by atoms with Crippen molar-refractivity contribution in [2.75, 3.05) is 31.1 Å². The van der Waals surface area contributed by atoms with E-state index in [4.69, 9.17) is 28.9 Å². The van der Waals surface area contributed by atoms with Crippen LogP contribution in [0.2, 0.25) is 10.0 Å². The Morgan fingerprint density at radius 3 is 2.22 bits per heavy atom. The van der Waals surface area contributed by atoms with Crippen LogP contribution in [0, 0.1) is 10.1 Å². The van der Waals surface area contributed by atoms with Crippen LogP contribution in [-0.4, -0.2) is 41.9 Å². The number of primary amides is 1. The Balaban J connectivity index is 1.73. The Bertz CT molecular complexity index is 852. The summed E-state index contributed by atoms with van der Waals surface area (Å²) in [5, 5.41) is 11.8. The third kappa shape index (κ3) is 4.32. The van der Waals surface area contributed by atoms with Gasteiger partial charge in [-0.3, -0.25) is 19.8 Å². The van der Waals surface area contributed by atoms with E-state index in [1.807, 2.05) is 9.80 Å². The van der Waals surface area contributed by atoms with Crippen LogP contribution in [0.15, 0.2) is 42.5 Å². The minimum atomic E-state index is -0.531. The minimum Gasteiger partial charge on any atom is -0.368 e. The van der Waals surface area contributed by atoms with Gasteiger partial charge in [0.2, 0.25) is 5.91 Å². The Hall–Kier alpha value is -2.35. The van der Waals surface area contributed by atoms with Crippen LogP contribution >= 0.6 is 23.2 Å². The molecule has 1 aliphatic heterocycles. The van der Waals surface area contributed by atoms with Crippen molar-refractivity contribution in [1.29, 1.82) is 0 Å². The van der Waals surface area contributed by atoms with E-state index in [0.717, 1.165) is 11.3 Å². The van der Waals surface area contributed by atoms with E-state index >= 15 is 0 Å². The van der Waals surface area contributed by atoms with Crippen molar-refractivity contribution in [3.63, 3.8) is 0 Å². The molecule has 2 aromatic rings. The third-order valence-corrected chi connectivity index (χ3v) is 5.17. The van der Waals surface area contributed by atoms with Crippen LogP contribution in [0.4, 0.5) is 11.4 Å². The number of nitrogens with two attached hydrogens (primary N) is 1. The van der Waals surface area contributed by atoms with Crippen LogP contribution in [-0.2, 0) is 4.79 Å². The van der Waals surface area contributed by atoms with Gasteiger partial charge in [-0.05, 0) is 23.8 Å². The second-order valence-electron chi connectivity index (χ2n) is 6.27. The van der Waals surface area contributed by atoms with Crippen LogP contribution in [0.5, 0.6) is 0 Å². The molecule has 0 unspecified atom stereocenters. The van der Waals surface area contributed by atoms with Crippen molar-refractivity contribution < 1.29 is 9.72 Å². The second-order valence-corrected chi connectivity index (χ2v) is 7.12. The molecule has 0 saturated carbocycles. The summed E-state index contributed by atoms with van der Waals surface area (Å²) >= 11 is 12.1. The number of piperazine rings is 1. The summed E-state index contributed by atoms with van der Waals surface area (Å²) in [6.07, 6.45) is 0. The minimum absolute atomic E-state index is 0.0427. The number of hydrogen-bond acceptors (Lipinski definition) is 5. The monoisotopic (exact) mass is 408 g/mol. The third-order valence-electron chi connectivity index (χ3n) is 4.62. The van der Waals surface area contributed by atoms with Crippen LogP contribution in [0.1, 0.15) is 11.6 Å². The van der Waals surface area contributed by atoms with Gasteiger partial charge in [0.25, 0.3) is 5.69 Å². The summed E-state index contributed by atoms with van der Waals surface area (Å²) in [4.78, 5) is 26.5. The number of carbonyl (C=O) groups is 1. The first-order valence-electron chi connectivity index (χ1n) is 8.34. The maximum Gasteiger partial charge on any atom is 0.271 e. The molecule has 0 spiro atoms. The van der Waals surface area contributed by atoms with Gasteiger partial charge in [0.05, 0.1) is 15.6 Å². The molecule has 0 bridgehead atoms. The van der Waals surface area contributed by atoms with Gasteiger partial charge in [-0.25, -0.2) is 0 Å². The average molecular weight is 409 g/mol. The highest BCUT2D eigenvalue weighted by molar-refractivity contribution is 6.33. The number of non-ortho nitro benzene ring substituents is 1. The van der Waals surface area contributed by atoms with Gasteiger partial charge in [-0.1, -0.05) is 35.3 Å². The Morgan fingerprint density at radius 1 is 1.07 bits per heavy atom. The summed E-state index contributed by atoms with van der Waals surface area (Å²) in [5.74, 6) is -0.417. The Morgan fingerprint density at radius 2 is 1.70 bits per heavy atom. The molecule has 1 saturated heterocycles. The number of amides is 1. The molecular weight excluding hydrogens is 391 g/mol. The van der Waals surface area contributed by atoms with Gasteiger partial charge in [-0.15, -0.1) is 0 Å². The number of anilines is 1. The van der Waals surface area contributed by atoms with Crippen molar-refractivity contribution in [1.82, 2.24) is 4.90 Å². The van der Waals surface area contributed by atoms with E-state index in [2.05, 4.69) is 0 Å². The topological polar surface area (TPSA) is 92.7 Å². The maximum atomic E-state index is 12.0. The Labute approximate surface area is 166 Å². The predicted octanol–water partition coefficient (Wildman–Crippen LogP) is 3.25.